The van der Waals surface area contributed by atoms with Gasteiger partial charge in [-0.2, -0.15) is 0 Å². The molecule has 1 aromatic heterocycles. The molecular formula is C16H20N2OS. The van der Waals surface area contributed by atoms with Crippen LogP contribution in [0, 0.1) is 0 Å². The molecule has 2 aromatic rings. The van der Waals surface area contributed by atoms with Crippen LogP contribution in [0.1, 0.15) is 29.9 Å². The molecule has 1 aromatic carbocycles. The summed E-state index contributed by atoms with van der Waals surface area (Å²) in [5, 5.41) is 8.26. The molecule has 0 spiro atoms. The number of benzene rings is 1. The van der Waals surface area contributed by atoms with E-state index in [4.69, 9.17) is 0 Å². The number of carbonyl (C=O) groups excluding carboxylic acids is 1. The fraction of sp³-hybridized carbons (Fsp3) is 0.312. The highest BCUT2D eigenvalue weighted by Crippen LogP contribution is 2.22. The zero-order valence-electron chi connectivity index (χ0n) is 11.9. The minimum atomic E-state index is -0.0280. The number of aryl methyl sites for hydroxylation is 1. The van der Waals surface area contributed by atoms with Gasteiger partial charge >= 0.3 is 0 Å². The minimum absolute atomic E-state index is 0.0280. The summed E-state index contributed by atoms with van der Waals surface area (Å²) in [5.41, 5.74) is 3.55. The maximum atomic E-state index is 11.1. The first kappa shape index (κ1) is 14.8. The molecule has 0 saturated heterocycles. The molecule has 2 N–H and O–H groups in total. The Hall–Kier alpha value is -1.65. The van der Waals surface area contributed by atoms with Crippen LogP contribution in [0.25, 0.3) is 0 Å². The lowest BCUT2D eigenvalue weighted by Crippen LogP contribution is -2.14. The van der Waals surface area contributed by atoms with Crippen LogP contribution in [0.15, 0.2) is 35.7 Å². The summed E-state index contributed by atoms with van der Waals surface area (Å²) in [4.78, 5) is 12.2. The SMILES string of the molecule is CCc1ccc(CNCc2sccc2NC(C)=O)cc1. The van der Waals surface area contributed by atoms with Crippen LogP contribution in [0.3, 0.4) is 0 Å². The standard InChI is InChI=1S/C16H20N2OS/c1-3-13-4-6-14(7-5-13)10-17-11-16-15(8-9-20-16)18-12(2)19/h4-9,17H,3,10-11H2,1-2H3,(H,18,19). The predicted octanol–water partition coefficient (Wildman–Crippen LogP) is 3.56. The molecule has 0 unspecified atom stereocenters. The summed E-state index contributed by atoms with van der Waals surface area (Å²) in [6, 6.07) is 10.6. The van der Waals surface area contributed by atoms with E-state index in [1.165, 1.54) is 18.1 Å². The Morgan fingerprint density at radius 1 is 1.10 bits per heavy atom. The molecule has 0 fully saturated rings. The lowest BCUT2D eigenvalue weighted by Gasteiger charge is -2.07. The Morgan fingerprint density at radius 2 is 1.80 bits per heavy atom. The quantitative estimate of drug-likeness (QED) is 0.853. The summed E-state index contributed by atoms with van der Waals surface area (Å²) in [6.45, 7) is 5.29. The van der Waals surface area contributed by atoms with E-state index in [2.05, 4.69) is 41.8 Å². The van der Waals surface area contributed by atoms with Gasteiger partial charge in [0.2, 0.25) is 5.91 Å². The van der Waals surface area contributed by atoms with Crippen LogP contribution in [0.4, 0.5) is 5.69 Å². The van der Waals surface area contributed by atoms with Crippen molar-refractivity contribution in [3.8, 4) is 0 Å². The highest BCUT2D eigenvalue weighted by Gasteiger charge is 2.05. The number of hydrogen-bond acceptors (Lipinski definition) is 3. The van der Waals surface area contributed by atoms with Crippen LogP contribution in [0.2, 0.25) is 0 Å². The second-order valence-electron chi connectivity index (χ2n) is 4.71. The van der Waals surface area contributed by atoms with Crippen molar-refractivity contribution < 1.29 is 4.79 Å². The largest absolute Gasteiger partial charge is 0.325 e. The number of carbonyl (C=O) groups is 1. The Morgan fingerprint density at radius 3 is 2.45 bits per heavy atom. The van der Waals surface area contributed by atoms with Gasteiger partial charge in [-0.25, -0.2) is 0 Å². The number of thiophene rings is 1. The first-order valence-corrected chi connectivity index (χ1v) is 7.69. The van der Waals surface area contributed by atoms with Gasteiger partial charge in [0.1, 0.15) is 0 Å². The molecular weight excluding hydrogens is 268 g/mol. The molecule has 0 aliphatic rings. The number of rotatable bonds is 6. The van der Waals surface area contributed by atoms with Crippen LogP contribution in [-0.2, 0) is 24.3 Å². The monoisotopic (exact) mass is 288 g/mol. The third-order valence-electron chi connectivity index (χ3n) is 3.10. The molecule has 0 aliphatic carbocycles. The molecule has 0 radical (unpaired) electrons. The van der Waals surface area contributed by atoms with E-state index in [1.807, 2.05) is 11.4 Å². The number of nitrogens with one attached hydrogen (secondary N) is 2. The lowest BCUT2D eigenvalue weighted by molar-refractivity contribution is -0.114. The molecule has 1 amide bonds. The van der Waals surface area contributed by atoms with Crippen molar-refractivity contribution in [1.29, 1.82) is 0 Å². The Kier molecular flexibility index (Phi) is 5.32. The van der Waals surface area contributed by atoms with Crippen molar-refractivity contribution in [2.45, 2.75) is 33.4 Å². The van der Waals surface area contributed by atoms with Crippen molar-refractivity contribution >= 4 is 22.9 Å². The zero-order valence-corrected chi connectivity index (χ0v) is 12.7. The molecule has 0 bridgehead atoms. The summed E-state index contributed by atoms with van der Waals surface area (Å²) < 4.78 is 0. The van der Waals surface area contributed by atoms with Crippen molar-refractivity contribution in [2.75, 3.05) is 5.32 Å². The fourth-order valence-electron chi connectivity index (χ4n) is 1.99. The Bertz CT molecular complexity index is 560. The molecule has 0 saturated carbocycles. The lowest BCUT2D eigenvalue weighted by atomic mass is 10.1. The highest BCUT2D eigenvalue weighted by atomic mass is 32.1. The summed E-state index contributed by atoms with van der Waals surface area (Å²) in [5.74, 6) is -0.0280. The van der Waals surface area contributed by atoms with Gasteiger partial charge in [0, 0.05) is 24.9 Å². The third kappa shape index (κ3) is 4.18. The van der Waals surface area contributed by atoms with Crippen molar-refractivity contribution in [2.24, 2.45) is 0 Å². The number of anilines is 1. The smallest absolute Gasteiger partial charge is 0.221 e. The number of amides is 1. The van der Waals surface area contributed by atoms with Crippen molar-refractivity contribution in [1.82, 2.24) is 5.32 Å². The zero-order chi connectivity index (χ0) is 14.4. The molecule has 0 atom stereocenters. The first-order chi connectivity index (χ1) is 9.69. The second-order valence-corrected chi connectivity index (χ2v) is 5.71. The van der Waals surface area contributed by atoms with E-state index in [0.29, 0.717) is 0 Å². The molecule has 2 rings (SSSR count). The Balaban J connectivity index is 1.86. The van der Waals surface area contributed by atoms with E-state index >= 15 is 0 Å². The van der Waals surface area contributed by atoms with E-state index in [1.54, 1.807) is 11.3 Å². The van der Waals surface area contributed by atoms with Gasteiger partial charge in [-0.1, -0.05) is 31.2 Å². The summed E-state index contributed by atoms with van der Waals surface area (Å²) in [7, 11) is 0. The maximum Gasteiger partial charge on any atom is 0.221 e. The second kappa shape index (κ2) is 7.22. The van der Waals surface area contributed by atoms with Gasteiger partial charge in [-0.05, 0) is 29.0 Å². The average Bonchev–Trinajstić information content (AvgIpc) is 2.86. The van der Waals surface area contributed by atoms with Crippen LogP contribution in [0.5, 0.6) is 0 Å². The molecule has 0 aliphatic heterocycles. The molecule has 3 nitrogen and oxygen atoms in total. The topological polar surface area (TPSA) is 41.1 Å². The third-order valence-corrected chi connectivity index (χ3v) is 4.02. The van der Waals surface area contributed by atoms with Gasteiger partial charge in [-0.15, -0.1) is 11.3 Å². The summed E-state index contributed by atoms with van der Waals surface area (Å²) >= 11 is 1.66. The van der Waals surface area contributed by atoms with Gasteiger partial charge in [0.25, 0.3) is 0 Å². The van der Waals surface area contributed by atoms with Crippen LogP contribution < -0.4 is 10.6 Å². The van der Waals surface area contributed by atoms with Crippen molar-refractivity contribution in [3.63, 3.8) is 0 Å². The molecule has 20 heavy (non-hydrogen) atoms. The molecule has 106 valence electrons. The molecule has 1 heterocycles. The van der Waals surface area contributed by atoms with Gasteiger partial charge in [-0.3, -0.25) is 4.79 Å². The normalized spacial score (nSPS) is 10.5. The first-order valence-electron chi connectivity index (χ1n) is 6.81. The fourth-order valence-corrected chi connectivity index (χ4v) is 2.79. The van der Waals surface area contributed by atoms with Gasteiger partial charge in [0.05, 0.1) is 5.69 Å². The van der Waals surface area contributed by atoms with E-state index < -0.39 is 0 Å². The van der Waals surface area contributed by atoms with E-state index in [0.717, 1.165) is 30.1 Å². The van der Waals surface area contributed by atoms with Crippen LogP contribution in [-0.4, -0.2) is 5.91 Å². The average molecular weight is 288 g/mol. The van der Waals surface area contributed by atoms with E-state index in [9.17, 15) is 4.79 Å². The van der Waals surface area contributed by atoms with Crippen LogP contribution >= 0.6 is 11.3 Å². The van der Waals surface area contributed by atoms with Gasteiger partial charge < -0.3 is 10.6 Å². The predicted molar refractivity (Wildman–Crippen MR) is 85.0 cm³/mol. The van der Waals surface area contributed by atoms with Gasteiger partial charge in [0.15, 0.2) is 0 Å². The number of hydrogen-bond donors (Lipinski definition) is 2. The molecule has 4 heteroatoms. The van der Waals surface area contributed by atoms with E-state index in [-0.39, 0.29) is 5.91 Å². The highest BCUT2D eigenvalue weighted by molar-refractivity contribution is 7.10. The maximum absolute atomic E-state index is 11.1. The van der Waals surface area contributed by atoms with Crippen molar-refractivity contribution in [3.05, 3.63) is 51.7 Å². The summed E-state index contributed by atoms with van der Waals surface area (Å²) in [6.07, 6.45) is 1.07. The Labute approximate surface area is 124 Å². The minimum Gasteiger partial charge on any atom is -0.325 e.